The van der Waals surface area contributed by atoms with Crippen molar-refractivity contribution in [3.8, 4) is 17.0 Å². The molecule has 0 spiro atoms. The molecule has 1 heterocycles. The van der Waals surface area contributed by atoms with E-state index >= 15 is 0 Å². The molecule has 4 nitrogen and oxygen atoms in total. The first-order valence-corrected chi connectivity index (χ1v) is 9.05. The van der Waals surface area contributed by atoms with E-state index in [-0.39, 0.29) is 0 Å². The van der Waals surface area contributed by atoms with Gasteiger partial charge in [-0.25, -0.2) is 4.98 Å². The summed E-state index contributed by atoms with van der Waals surface area (Å²) in [5.41, 5.74) is 5.70. The first-order valence-electron chi connectivity index (χ1n) is 7.00. The Hall–Kier alpha value is -1.89. The van der Waals surface area contributed by atoms with E-state index in [9.17, 15) is 0 Å². The zero-order valence-electron chi connectivity index (χ0n) is 12.7. The topological polar surface area (TPSA) is 46.5 Å². The Bertz CT molecular complexity index is 868. The van der Waals surface area contributed by atoms with Gasteiger partial charge in [0.15, 0.2) is 0 Å². The highest BCUT2D eigenvalue weighted by molar-refractivity contribution is 9.10. The highest BCUT2D eigenvalue weighted by Gasteiger charge is 2.08. The maximum atomic E-state index is 6.07. The van der Waals surface area contributed by atoms with Crippen molar-refractivity contribution in [3.63, 3.8) is 0 Å². The van der Waals surface area contributed by atoms with Crippen LogP contribution in [0.5, 0.6) is 5.75 Å². The molecule has 0 saturated carbocycles. The van der Waals surface area contributed by atoms with Crippen LogP contribution in [0.1, 0.15) is 5.56 Å². The summed E-state index contributed by atoms with van der Waals surface area (Å²) in [7, 11) is 1.60. The zero-order valence-corrected chi connectivity index (χ0v) is 15.8. The van der Waals surface area contributed by atoms with Gasteiger partial charge in [0.2, 0.25) is 5.13 Å². The normalized spacial score (nSPS) is 11.0. The molecule has 0 aliphatic heterocycles. The fourth-order valence-electron chi connectivity index (χ4n) is 2.12. The molecule has 7 heteroatoms. The first kappa shape index (κ1) is 17.0. The van der Waals surface area contributed by atoms with E-state index in [4.69, 9.17) is 16.3 Å². The highest BCUT2D eigenvalue weighted by atomic mass is 79.9. The maximum absolute atomic E-state index is 6.07. The van der Waals surface area contributed by atoms with Crippen molar-refractivity contribution in [2.75, 3.05) is 12.5 Å². The molecule has 0 aliphatic carbocycles. The van der Waals surface area contributed by atoms with Gasteiger partial charge >= 0.3 is 0 Å². The lowest BCUT2D eigenvalue weighted by Gasteiger charge is -2.07. The number of methoxy groups -OCH3 is 1. The van der Waals surface area contributed by atoms with Crippen LogP contribution in [0.4, 0.5) is 5.13 Å². The minimum atomic E-state index is 0.602. The van der Waals surface area contributed by atoms with E-state index < -0.39 is 0 Å². The average molecular weight is 423 g/mol. The summed E-state index contributed by atoms with van der Waals surface area (Å²) in [6.07, 6.45) is 1.65. The zero-order chi connectivity index (χ0) is 16.9. The summed E-state index contributed by atoms with van der Waals surface area (Å²) < 4.78 is 6.14. The van der Waals surface area contributed by atoms with E-state index in [0.29, 0.717) is 15.9 Å². The summed E-state index contributed by atoms with van der Waals surface area (Å²) in [6.45, 7) is 0. The quantitative estimate of drug-likeness (QED) is 0.425. The summed E-state index contributed by atoms with van der Waals surface area (Å²) in [5.74, 6) is 0.675. The maximum Gasteiger partial charge on any atom is 0.203 e. The molecule has 24 heavy (non-hydrogen) atoms. The first-order chi connectivity index (χ1) is 11.7. The van der Waals surface area contributed by atoms with Crippen molar-refractivity contribution in [1.82, 2.24) is 4.98 Å². The van der Waals surface area contributed by atoms with E-state index in [1.54, 1.807) is 25.5 Å². The molecular weight excluding hydrogens is 410 g/mol. The summed E-state index contributed by atoms with van der Waals surface area (Å²) in [4.78, 5) is 4.52. The molecule has 1 aromatic heterocycles. The molecule has 3 rings (SSSR count). The van der Waals surface area contributed by atoms with Crippen molar-refractivity contribution in [2.24, 2.45) is 5.10 Å². The summed E-state index contributed by atoms with van der Waals surface area (Å²) in [6, 6.07) is 13.6. The van der Waals surface area contributed by atoms with Crippen LogP contribution in [-0.4, -0.2) is 18.3 Å². The van der Waals surface area contributed by atoms with Crippen LogP contribution >= 0.6 is 38.9 Å². The van der Waals surface area contributed by atoms with Crippen LogP contribution < -0.4 is 10.2 Å². The third-order valence-electron chi connectivity index (χ3n) is 3.18. The van der Waals surface area contributed by atoms with Crippen LogP contribution in [0.3, 0.4) is 0 Å². The SMILES string of the molecule is COc1c(Br)cc(Cl)cc1C=NNc1nc(-c2ccccc2)cs1. The number of ether oxygens (including phenoxy) is 1. The van der Waals surface area contributed by atoms with Gasteiger partial charge in [-0.3, -0.25) is 5.43 Å². The fourth-order valence-corrected chi connectivity index (χ4v) is 3.78. The van der Waals surface area contributed by atoms with Crippen molar-refractivity contribution in [2.45, 2.75) is 0 Å². The van der Waals surface area contributed by atoms with Gasteiger partial charge in [-0.15, -0.1) is 11.3 Å². The van der Waals surface area contributed by atoms with Gasteiger partial charge in [0.25, 0.3) is 0 Å². The Morgan fingerprint density at radius 3 is 2.83 bits per heavy atom. The highest BCUT2D eigenvalue weighted by Crippen LogP contribution is 2.31. The molecule has 0 amide bonds. The van der Waals surface area contributed by atoms with Crippen molar-refractivity contribution in [1.29, 1.82) is 0 Å². The molecule has 0 radical (unpaired) electrons. The summed E-state index contributed by atoms with van der Waals surface area (Å²) in [5, 5.41) is 7.53. The van der Waals surface area contributed by atoms with Gasteiger partial charge in [-0.05, 0) is 28.1 Å². The molecule has 0 saturated heterocycles. The molecule has 2 aromatic carbocycles. The summed E-state index contributed by atoms with van der Waals surface area (Å²) >= 11 is 11.0. The van der Waals surface area contributed by atoms with Gasteiger partial charge in [0.1, 0.15) is 5.75 Å². The number of aromatic nitrogens is 1. The lowest BCUT2D eigenvalue weighted by Crippen LogP contribution is -1.95. The monoisotopic (exact) mass is 421 g/mol. The van der Waals surface area contributed by atoms with E-state index in [0.717, 1.165) is 21.3 Å². The number of benzene rings is 2. The van der Waals surface area contributed by atoms with Crippen molar-refractivity contribution >= 4 is 50.2 Å². The lowest BCUT2D eigenvalue weighted by molar-refractivity contribution is 0.411. The minimum Gasteiger partial charge on any atom is -0.495 e. The second kappa shape index (κ2) is 7.79. The van der Waals surface area contributed by atoms with Crippen molar-refractivity contribution < 1.29 is 4.74 Å². The molecule has 0 unspecified atom stereocenters. The molecule has 0 atom stereocenters. The number of rotatable bonds is 5. The molecule has 0 aliphatic rings. The second-order valence-corrected chi connectivity index (χ2v) is 6.93. The molecule has 1 N–H and O–H groups in total. The largest absolute Gasteiger partial charge is 0.495 e. The number of halogens is 2. The standard InChI is InChI=1S/C17H13BrClN3OS/c1-23-16-12(7-13(19)8-14(16)18)9-20-22-17-21-15(10-24-17)11-5-3-2-4-6-11/h2-10H,1H3,(H,21,22). The number of hydrogen-bond acceptors (Lipinski definition) is 5. The second-order valence-electron chi connectivity index (χ2n) is 4.78. The predicted octanol–water partition coefficient (Wildman–Crippen LogP) is 5.68. The number of thiazole rings is 1. The van der Waals surface area contributed by atoms with Crippen LogP contribution in [-0.2, 0) is 0 Å². The lowest BCUT2D eigenvalue weighted by atomic mass is 10.2. The van der Waals surface area contributed by atoms with Crippen LogP contribution in [0, 0.1) is 0 Å². The molecule has 0 fully saturated rings. The third kappa shape index (κ3) is 3.95. The van der Waals surface area contributed by atoms with E-state index in [2.05, 4.69) is 31.4 Å². The van der Waals surface area contributed by atoms with E-state index in [1.807, 2.05) is 35.7 Å². The van der Waals surface area contributed by atoms with E-state index in [1.165, 1.54) is 11.3 Å². The fraction of sp³-hybridized carbons (Fsp3) is 0.0588. The van der Waals surface area contributed by atoms with Crippen LogP contribution in [0.15, 0.2) is 57.4 Å². The third-order valence-corrected chi connectivity index (χ3v) is 4.73. The Kier molecular flexibility index (Phi) is 5.50. The Morgan fingerprint density at radius 1 is 1.29 bits per heavy atom. The minimum absolute atomic E-state index is 0.602. The average Bonchev–Trinajstić information content (AvgIpc) is 3.04. The predicted molar refractivity (Wildman–Crippen MR) is 104 cm³/mol. The van der Waals surface area contributed by atoms with Gasteiger partial charge in [-0.1, -0.05) is 41.9 Å². The number of hydrogen-bond donors (Lipinski definition) is 1. The number of nitrogens with one attached hydrogen (secondary N) is 1. The molecule has 122 valence electrons. The number of anilines is 1. The Morgan fingerprint density at radius 2 is 2.08 bits per heavy atom. The molecular formula is C17H13BrClN3OS. The van der Waals surface area contributed by atoms with Gasteiger partial charge < -0.3 is 4.74 Å². The Balaban J connectivity index is 1.75. The van der Waals surface area contributed by atoms with Gasteiger partial charge in [-0.2, -0.15) is 5.10 Å². The number of hydrazone groups is 1. The molecule has 3 aromatic rings. The van der Waals surface area contributed by atoms with Gasteiger partial charge in [0.05, 0.1) is 23.5 Å². The smallest absolute Gasteiger partial charge is 0.203 e. The van der Waals surface area contributed by atoms with Crippen LogP contribution in [0.2, 0.25) is 5.02 Å². The number of nitrogens with zero attached hydrogens (tertiary/aromatic N) is 2. The van der Waals surface area contributed by atoms with Crippen LogP contribution in [0.25, 0.3) is 11.3 Å². The molecule has 0 bridgehead atoms. The Labute approximate surface area is 157 Å². The van der Waals surface area contributed by atoms with Crippen molar-refractivity contribution in [3.05, 3.63) is 62.9 Å². The van der Waals surface area contributed by atoms with Gasteiger partial charge in [0, 0.05) is 21.5 Å².